The number of hydrogen-bond donors (Lipinski definition) is 0. The number of para-hydroxylation sites is 1. The van der Waals surface area contributed by atoms with Crippen molar-refractivity contribution in [3.8, 4) is 5.75 Å². The molecule has 0 bridgehead atoms. The van der Waals surface area contributed by atoms with Gasteiger partial charge in [0.15, 0.2) is 6.23 Å². The predicted octanol–water partition coefficient (Wildman–Crippen LogP) is 3.55. The molecular weight excluding hydrogens is 384 g/mol. The molecule has 2 fully saturated rings. The number of amides is 3. The van der Waals surface area contributed by atoms with Gasteiger partial charge in [-0.1, -0.05) is 62.4 Å². The number of cyclic esters (lactones) is 1. The summed E-state index contributed by atoms with van der Waals surface area (Å²) < 4.78 is 11.5. The van der Waals surface area contributed by atoms with Crippen LogP contribution in [0.5, 0.6) is 5.75 Å². The van der Waals surface area contributed by atoms with Crippen molar-refractivity contribution in [2.45, 2.75) is 45.7 Å². The van der Waals surface area contributed by atoms with E-state index in [2.05, 4.69) is 0 Å². The second-order valence-electron chi connectivity index (χ2n) is 7.51. The minimum absolute atomic E-state index is 0.0912. The lowest BCUT2D eigenvalue weighted by atomic mass is 9.71. The zero-order valence-corrected chi connectivity index (χ0v) is 17.0. The summed E-state index contributed by atoms with van der Waals surface area (Å²) in [6.07, 6.45) is -1.65. The molecule has 2 heterocycles. The van der Waals surface area contributed by atoms with Crippen LogP contribution in [0.4, 0.5) is 4.79 Å². The van der Waals surface area contributed by atoms with Crippen molar-refractivity contribution in [2.75, 3.05) is 0 Å². The van der Waals surface area contributed by atoms with E-state index in [1.54, 1.807) is 12.1 Å². The molecule has 2 aliphatic heterocycles. The van der Waals surface area contributed by atoms with E-state index >= 15 is 0 Å². The van der Waals surface area contributed by atoms with Crippen LogP contribution in [0, 0.1) is 5.41 Å². The molecule has 2 saturated heterocycles. The third-order valence-corrected chi connectivity index (χ3v) is 5.98. The van der Waals surface area contributed by atoms with Gasteiger partial charge in [0, 0.05) is 0 Å². The van der Waals surface area contributed by atoms with Gasteiger partial charge in [-0.3, -0.25) is 14.5 Å². The van der Waals surface area contributed by atoms with Gasteiger partial charge in [-0.2, -0.15) is 0 Å². The number of likely N-dealkylation sites (tertiary alicyclic amines) is 1. The molecule has 0 radical (unpaired) electrons. The van der Waals surface area contributed by atoms with E-state index in [-0.39, 0.29) is 12.5 Å². The Morgan fingerprint density at radius 1 is 0.933 bits per heavy atom. The van der Waals surface area contributed by atoms with E-state index in [0.29, 0.717) is 18.6 Å². The first-order chi connectivity index (χ1) is 14.5. The Morgan fingerprint density at radius 2 is 1.53 bits per heavy atom. The molecule has 7 heteroatoms. The molecule has 0 spiro atoms. The largest absolute Gasteiger partial charge is 0.469 e. The molecule has 156 valence electrons. The number of imide groups is 1. The standard InChI is InChI=1S/C23H24N2O5/c1-3-23(4-2)20(27)25(21(23)29-17-13-9-6-10-14-17)19-18(26)24(22(28)30-19)15-16-11-7-5-8-12-16/h5-14,19,21H,3-4,15H2,1-2H3/t19-,21+/m1/s1. The van der Waals surface area contributed by atoms with E-state index in [4.69, 9.17) is 9.47 Å². The Labute approximate surface area is 175 Å². The highest BCUT2D eigenvalue weighted by Crippen LogP contribution is 2.48. The summed E-state index contributed by atoms with van der Waals surface area (Å²) in [6.45, 7) is 3.93. The Bertz CT molecular complexity index is 943. The zero-order valence-electron chi connectivity index (χ0n) is 17.0. The van der Waals surface area contributed by atoms with Crippen molar-refractivity contribution in [3.63, 3.8) is 0 Å². The van der Waals surface area contributed by atoms with Crippen molar-refractivity contribution in [3.05, 3.63) is 66.2 Å². The number of benzene rings is 2. The van der Waals surface area contributed by atoms with Crippen molar-refractivity contribution in [1.29, 1.82) is 0 Å². The summed E-state index contributed by atoms with van der Waals surface area (Å²) in [6, 6.07) is 18.3. The number of nitrogens with zero attached hydrogens (tertiary/aromatic N) is 2. The van der Waals surface area contributed by atoms with Crippen LogP contribution >= 0.6 is 0 Å². The quantitative estimate of drug-likeness (QED) is 0.655. The Morgan fingerprint density at radius 3 is 2.13 bits per heavy atom. The van der Waals surface area contributed by atoms with Gasteiger partial charge in [-0.05, 0) is 30.5 Å². The first-order valence-electron chi connectivity index (χ1n) is 10.1. The molecule has 2 aromatic rings. The molecule has 2 aromatic carbocycles. The number of carbonyl (C=O) groups is 3. The summed E-state index contributed by atoms with van der Waals surface area (Å²) in [5.41, 5.74) is 0.0435. The van der Waals surface area contributed by atoms with Crippen LogP contribution in [0.2, 0.25) is 0 Å². The molecule has 0 saturated carbocycles. The fourth-order valence-corrected chi connectivity index (χ4v) is 4.12. The van der Waals surface area contributed by atoms with E-state index in [1.807, 2.05) is 62.4 Å². The summed E-state index contributed by atoms with van der Waals surface area (Å²) in [5, 5.41) is 0. The van der Waals surface area contributed by atoms with Crippen molar-refractivity contribution in [2.24, 2.45) is 5.41 Å². The molecule has 7 nitrogen and oxygen atoms in total. The lowest BCUT2D eigenvalue weighted by molar-refractivity contribution is -0.225. The number of hydrogen-bond acceptors (Lipinski definition) is 5. The maximum absolute atomic E-state index is 13.1. The second kappa shape index (κ2) is 7.82. The summed E-state index contributed by atoms with van der Waals surface area (Å²) in [4.78, 5) is 40.9. The number of rotatable bonds is 7. The summed E-state index contributed by atoms with van der Waals surface area (Å²) in [5.74, 6) is -0.204. The highest BCUT2D eigenvalue weighted by atomic mass is 16.6. The van der Waals surface area contributed by atoms with Crippen molar-refractivity contribution < 1.29 is 23.9 Å². The molecule has 3 amide bonds. The maximum Gasteiger partial charge on any atom is 0.419 e. The van der Waals surface area contributed by atoms with Gasteiger partial charge in [-0.15, -0.1) is 0 Å². The second-order valence-corrected chi connectivity index (χ2v) is 7.51. The minimum atomic E-state index is -1.31. The van der Waals surface area contributed by atoms with Gasteiger partial charge in [0.25, 0.3) is 12.1 Å². The highest BCUT2D eigenvalue weighted by molar-refractivity contribution is 6.03. The maximum atomic E-state index is 13.1. The molecule has 2 aliphatic rings. The van der Waals surface area contributed by atoms with E-state index < -0.39 is 29.9 Å². The van der Waals surface area contributed by atoms with Crippen molar-refractivity contribution in [1.82, 2.24) is 9.80 Å². The average Bonchev–Trinajstić information content (AvgIpc) is 3.04. The van der Waals surface area contributed by atoms with Crippen LogP contribution < -0.4 is 4.74 Å². The van der Waals surface area contributed by atoms with Crippen molar-refractivity contribution >= 4 is 17.9 Å². The topological polar surface area (TPSA) is 76.2 Å². The fraction of sp³-hybridized carbons (Fsp3) is 0.348. The van der Waals surface area contributed by atoms with E-state index in [1.165, 1.54) is 4.90 Å². The number of ether oxygens (including phenoxy) is 2. The van der Waals surface area contributed by atoms with Crippen LogP contribution in [0.15, 0.2) is 60.7 Å². The fourth-order valence-electron chi connectivity index (χ4n) is 4.12. The third-order valence-electron chi connectivity index (χ3n) is 5.98. The van der Waals surface area contributed by atoms with Crippen LogP contribution in [-0.4, -0.2) is 40.2 Å². The number of β-lactam (4-membered cyclic amide) rings is 1. The first kappa shape index (κ1) is 19.9. The Kier molecular flexibility index (Phi) is 5.20. The normalized spacial score (nSPS) is 22.7. The van der Waals surface area contributed by atoms with Gasteiger partial charge in [-0.25, -0.2) is 9.69 Å². The molecule has 30 heavy (non-hydrogen) atoms. The third kappa shape index (κ3) is 3.10. The van der Waals surface area contributed by atoms with Crippen LogP contribution in [0.3, 0.4) is 0 Å². The van der Waals surface area contributed by atoms with Gasteiger partial charge in [0.2, 0.25) is 5.91 Å². The predicted molar refractivity (Wildman–Crippen MR) is 108 cm³/mol. The van der Waals surface area contributed by atoms with Gasteiger partial charge in [0.1, 0.15) is 11.2 Å². The minimum Gasteiger partial charge on any atom is -0.469 e. The smallest absolute Gasteiger partial charge is 0.419 e. The average molecular weight is 408 g/mol. The SMILES string of the molecule is CCC1(CC)C(=O)N([C@@H]2OC(=O)N(Cc3ccccc3)C2=O)[C@H]1Oc1ccccc1. The highest BCUT2D eigenvalue weighted by Gasteiger charge is 2.66. The molecule has 0 unspecified atom stereocenters. The molecule has 2 atom stereocenters. The Hall–Kier alpha value is -3.35. The Balaban J connectivity index is 1.59. The van der Waals surface area contributed by atoms with Crippen LogP contribution in [0.25, 0.3) is 0 Å². The molecular formula is C23H24N2O5. The molecule has 0 aliphatic carbocycles. The van der Waals surface area contributed by atoms with Gasteiger partial charge >= 0.3 is 6.09 Å². The number of carbonyl (C=O) groups excluding carboxylic acids is 3. The van der Waals surface area contributed by atoms with Crippen LogP contribution in [-0.2, 0) is 20.9 Å². The monoisotopic (exact) mass is 408 g/mol. The molecule has 4 rings (SSSR count). The lowest BCUT2D eigenvalue weighted by Crippen LogP contribution is -2.74. The lowest BCUT2D eigenvalue weighted by Gasteiger charge is -2.55. The summed E-state index contributed by atoms with van der Waals surface area (Å²) >= 11 is 0. The van der Waals surface area contributed by atoms with E-state index in [9.17, 15) is 14.4 Å². The molecule has 0 N–H and O–H groups in total. The summed E-state index contributed by atoms with van der Waals surface area (Å²) in [7, 11) is 0. The zero-order chi connectivity index (χ0) is 21.3. The first-order valence-corrected chi connectivity index (χ1v) is 10.1. The van der Waals surface area contributed by atoms with Gasteiger partial charge in [0.05, 0.1) is 6.54 Å². The van der Waals surface area contributed by atoms with Gasteiger partial charge < -0.3 is 9.47 Å². The van der Waals surface area contributed by atoms with Crippen LogP contribution in [0.1, 0.15) is 32.3 Å². The molecule has 0 aromatic heterocycles. The van der Waals surface area contributed by atoms with E-state index in [0.717, 1.165) is 10.5 Å².